The van der Waals surface area contributed by atoms with Gasteiger partial charge in [0.05, 0.1) is 5.75 Å². The maximum Gasteiger partial charge on any atom is 0.147 e. The van der Waals surface area contributed by atoms with Crippen LogP contribution in [0.2, 0.25) is 0 Å². The van der Waals surface area contributed by atoms with Crippen molar-refractivity contribution in [1.82, 2.24) is 5.32 Å². The van der Waals surface area contributed by atoms with Gasteiger partial charge in [0.2, 0.25) is 0 Å². The van der Waals surface area contributed by atoms with E-state index in [0.29, 0.717) is 17.1 Å². The Labute approximate surface area is 118 Å². The summed E-state index contributed by atoms with van der Waals surface area (Å²) in [6.45, 7) is 2.74. The highest BCUT2D eigenvalue weighted by Gasteiger charge is 2.12. The Kier molecular flexibility index (Phi) is 6.82. The average Bonchev–Trinajstić information content (AvgIpc) is 2.33. The van der Waals surface area contributed by atoms with Gasteiger partial charge in [-0.1, -0.05) is 19.1 Å². The molecule has 0 bridgehead atoms. The Morgan fingerprint density at radius 1 is 1.37 bits per heavy atom. The summed E-state index contributed by atoms with van der Waals surface area (Å²) >= 11 is 1.41. The molecule has 1 aromatic rings. The second-order valence-corrected chi connectivity index (χ2v) is 7.74. The number of rotatable bonds is 8. The average molecular weight is 305 g/mol. The van der Waals surface area contributed by atoms with E-state index < -0.39 is 9.84 Å². The monoisotopic (exact) mass is 305 g/mol. The van der Waals surface area contributed by atoms with Crippen molar-refractivity contribution in [2.75, 3.05) is 24.3 Å². The van der Waals surface area contributed by atoms with Crippen LogP contribution in [0.3, 0.4) is 0 Å². The van der Waals surface area contributed by atoms with E-state index in [-0.39, 0.29) is 17.6 Å². The van der Waals surface area contributed by atoms with Gasteiger partial charge in [-0.25, -0.2) is 12.8 Å². The van der Waals surface area contributed by atoms with Gasteiger partial charge in [-0.05, 0) is 25.1 Å². The smallest absolute Gasteiger partial charge is 0.147 e. The second-order valence-electron chi connectivity index (χ2n) is 4.41. The van der Waals surface area contributed by atoms with Crippen molar-refractivity contribution in [2.45, 2.75) is 24.3 Å². The van der Waals surface area contributed by atoms with Crippen molar-refractivity contribution in [2.24, 2.45) is 0 Å². The maximum absolute atomic E-state index is 13.5. The summed E-state index contributed by atoms with van der Waals surface area (Å²) in [6.07, 6.45) is 1.79. The third-order valence-corrected chi connectivity index (χ3v) is 4.79. The molecule has 1 atom stereocenters. The van der Waals surface area contributed by atoms with Crippen molar-refractivity contribution >= 4 is 21.6 Å². The van der Waals surface area contributed by atoms with E-state index in [1.54, 1.807) is 18.2 Å². The van der Waals surface area contributed by atoms with E-state index in [1.807, 2.05) is 6.92 Å². The molecule has 0 aliphatic heterocycles. The lowest BCUT2D eigenvalue weighted by molar-refractivity contribution is 0.547. The Balaban J connectivity index is 2.52. The number of hydrogen-bond donors (Lipinski definition) is 1. The van der Waals surface area contributed by atoms with Crippen LogP contribution in [0.5, 0.6) is 0 Å². The first-order chi connectivity index (χ1) is 8.92. The summed E-state index contributed by atoms with van der Waals surface area (Å²) < 4.78 is 35.8. The van der Waals surface area contributed by atoms with E-state index >= 15 is 0 Å². The van der Waals surface area contributed by atoms with Gasteiger partial charge in [0, 0.05) is 22.9 Å². The van der Waals surface area contributed by atoms with Crippen LogP contribution in [0.4, 0.5) is 4.39 Å². The van der Waals surface area contributed by atoms with Gasteiger partial charge in [-0.15, -0.1) is 11.8 Å². The molecule has 0 radical (unpaired) electrons. The zero-order chi connectivity index (χ0) is 14.3. The Morgan fingerprint density at radius 3 is 2.63 bits per heavy atom. The van der Waals surface area contributed by atoms with Gasteiger partial charge < -0.3 is 5.32 Å². The Hall–Kier alpha value is -0.590. The molecule has 0 heterocycles. The molecule has 0 aliphatic rings. The molecule has 1 rings (SSSR count). The molecule has 1 N–H and O–H groups in total. The molecule has 0 aliphatic carbocycles. The first kappa shape index (κ1) is 16.5. The fourth-order valence-electron chi connectivity index (χ4n) is 1.64. The molecule has 0 spiro atoms. The normalized spacial score (nSPS) is 13.4. The van der Waals surface area contributed by atoms with Gasteiger partial charge in [0.15, 0.2) is 0 Å². The summed E-state index contributed by atoms with van der Waals surface area (Å²) in [6, 6.07) is 6.69. The molecular weight excluding hydrogens is 285 g/mol. The molecule has 3 nitrogen and oxygen atoms in total. The number of sulfone groups is 1. The summed E-state index contributed by atoms with van der Waals surface area (Å²) in [5.41, 5.74) is 0. The van der Waals surface area contributed by atoms with E-state index in [1.165, 1.54) is 24.1 Å². The highest BCUT2D eigenvalue weighted by atomic mass is 32.2. The van der Waals surface area contributed by atoms with Crippen LogP contribution in [-0.2, 0) is 9.84 Å². The van der Waals surface area contributed by atoms with Crippen LogP contribution in [0.1, 0.15) is 13.3 Å². The number of benzene rings is 1. The summed E-state index contributed by atoms with van der Waals surface area (Å²) in [7, 11) is -2.95. The predicted octanol–water partition coefficient (Wildman–Crippen LogP) is 2.33. The minimum absolute atomic E-state index is 0.0735. The Bertz CT molecular complexity index is 491. The van der Waals surface area contributed by atoms with E-state index in [4.69, 9.17) is 0 Å². The zero-order valence-corrected chi connectivity index (χ0v) is 12.9. The molecule has 0 saturated carbocycles. The molecule has 6 heteroatoms. The number of halogens is 1. The van der Waals surface area contributed by atoms with Crippen molar-refractivity contribution < 1.29 is 12.8 Å². The van der Waals surface area contributed by atoms with Crippen molar-refractivity contribution in [3.63, 3.8) is 0 Å². The third-order valence-electron chi connectivity index (χ3n) is 2.61. The fraction of sp³-hybridized carbons (Fsp3) is 0.538. The highest BCUT2D eigenvalue weighted by Crippen LogP contribution is 2.22. The van der Waals surface area contributed by atoms with Crippen LogP contribution >= 0.6 is 11.8 Å². The van der Waals surface area contributed by atoms with Gasteiger partial charge in [0.25, 0.3) is 0 Å². The molecule has 1 aromatic carbocycles. The first-order valence-electron chi connectivity index (χ1n) is 6.21. The lowest BCUT2D eigenvalue weighted by Gasteiger charge is -2.17. The van der Waals surface area contributed by atoms with Gasteiger partial charge >= 0.3 is 0 Å². The van der Waals surface area contributed by atoms with Crippen LogP contribution in [-0.4, -0.2) is 38.8 Å². The zero-order valence-electron chi connectivity index (χ0n) is 11.2. The largest absolute Gasteiger partial charge is 0.313 e. The second kappa shape index (κ2) is 7.87. The van der Waals surface area contributed by atoms with Crippen LogP contribution in [0.25, 0.3) is 0 Å². The molecule has 1 unspecified atom stereocenters. The van der Waals surface area contributed by atoms with E-state index in [9.17, 15) is 12.8 Å². The third kappa shape index (κ3) is 6.94. The number of hydrogen-bond acceptors (Lipinski definition) is 4. The predicted molar refractivity (Wildman–Crippen MR) is 78.9 cm³/mol. The molecule has 0 saturated heterocycles. The molecule has 108 valence electrons. The lowest BCUT2D eigenvalue weighted by Crippen LogP contribution is -2.33. The van der Waals surface area contributed by atoms with Crippen LogP contribution in [0, 0.1) is 5.82 Å². The molecular formula is C13H20FNO2S2. The minimum atomic E-state index is -2.95. The fourth-order valence-corrected chi connectivity index (χ4v) is 3.40. The maximum atomic E-state index is 13.5. The molecule has 0 aromatic heterocycles. The summed E-state index contributed by atoms with van der Waals surface area (Å²) in [5, 5.41) is 3.24. The standard InChI is InChI=1S/C13H20FNO2S2/c1-3-15-11(8-9-19(2,16)17)10-18-13-7-5-4-6-12(13)14/h4-7,11,15H,3,8-10H2,1-2H3. The van der Waals surface area contributed by atoms with Crippen molar-refractivity contribution in [3.8, 4) is 0 Å². The topological polar surface area (TPSA) is 46.2 Å². The van der Waals surface area contributed by atoms with Crippen LogP contribution < -0.4 is 5.32 Å². The van der Waals surface area contributed by atoms with Gasteiger partial charge in [0.1, 0.15) is 15.7 Å². The molecule has 0 fully saturated rings. The summed E-state index contributed by atoms with van der Waals surface area (Å²) in [4.78, 5) is 0.602. The molecule has 19 heavy (non-hydrogen) atoms. The lowest BCUT2D eigenvalue weighted by atomic mass is 10.2. The van der Waals surface area contributed by atoms with Gasteiger partial charge in [-0.2, -0.15) is 0 Å². The first-order valence-corrected chi connectivity index (χ1v) is 9.25. The quantitative estimate of drug-likeness (QED) is 0.749. The van der Waals surface area contributed by atoms with Crippen molar-refractivity contribution in [1.29, 1.82) is 0 Å². The summed E-state index contributed by atoms with van der Waals surface area (Å²) in [5.74, 6) is 0.582. The number of thioether (sulfide) groups is 1. The van der Waals surface area contributed by atoms with Crippen LogP contribution in [0.15, 0.2) is 29.2 Å². The van der Waals surface area contributed by atoms with Crippen molar-refractivity contribution in [3.05, 3.63) is 30.1 Å². The SMILES string of the molecule is CCNC(CCS(C)(=O)=O)CSc1ccccc1F. The molecule has 0 amide bonds. The highest BCUT2D eigenvalue weighted by molar-refractivity contribution is 7.99. The van der Waals surface area contributed by atoms with Gasteiger partial charge in [-0.3, -0.25) is 0 Å². The Morgan fingerprint density at radius 2 is 2.05 bits per heavy atom. The van der Waals surface area contributed by atoms with E-state index in [0.717, 1.165) is 6.54 Å². The number of nitrogens with one attached hydrogen (secondary N) is 1. The van der Waals surface area contributed by atoms with E-state index in [2.05, 4.69) is 5.32 Å². The minimum Gasteiger partial charge on any atom is -0.313 e.